The van der Waals surface area contributed by atoms with Crippen molar-refractivity contribution >= 4 is 22.9 Å². The van der Waals surface area contributed by atoms with E-state index in [9.17, 15) is 9.90 Å². The summed E-state index contributed by atoms with van der Waals surface area (Å²) in [5.74, 6) is -0.0671. The van der Waals surface area contributed by atoms with Crippen LogP contribution >= 0.6 is 11.3 Å². The number of aliphatic hydroxyl groups is 1. The standard InChI is InChI=1S/C17H19NO2S/c1-11(19)12-6-2-4-8-15(12)18-17(20)14-10-21-16-9-5-3-7-13(14)16/h2,4,6,8,10-11,19H,3,5,7,9H2,1H3,(H,18,20). The fraction of sp³-hybridized carbons (Fsp3) is 0.353. The Labute approximate surface area is 128 Å². The van der Waals surface area contributed by atoms with Crippen molar-refractivity contribution in [1.29, 1.82) is 0 Å². The van der Waals surface area contributed by atoms with Crippen LogP contribution in [0.5, 0.6) is 0 Å². The third-order valence-corrected chi connectivity index (χ3v) is 5.05. The third kappa shape index (κ3) is 2.87. The molecule has 1 aromatic carbocycles. The zero-order valence-electron chi connectivity index (χ0n) is 12.1. The summed E-state index contributed by atoms with van der Waals surface area (Å²) in [4.78, 5) is 13.9. The number of benzene rings is 1. The summed E-state index contributed by atoms with van der Waals surface area (Å²) in [6.45, 7) is 1.71. The molecule has 1 amide bonds. The highest BCUT2D eigenvalue weighted by Gasteiger charge is 2.21. The first-order valence-electron chi connectivity index (χ1n) is 7.34. The lowest BCUT2D eigenvalue weighted by atomic mass is 9.95. The maximum Gasteiger partial charge on any atom is 0.256 e. The van der Waals surface area contributed by atoms with Crippen LogP contribution in [0.3, 0.4) is 0 Å². The van der Waals surface area contributed by atoms with Crippen LogP contribution in [0.1, 0.15) is 52.2 Å². The third-order valence-electron chi connectivity index (χ3n) is 3.97. The van der Waals surface area contributed by atoms with Gasteiger partial charge in [-0.2, -0.15) is 0 Å². The Morgan fingerprint density at radius 3 is 2.86 bits per heavy atom. The summed E-state index contributed by atoms with van der Waals surface area (Å²) in [5, 5.41) is 14.7. The van der Waals surface area contributed by atoms with E-state index in [0.29, 0.717) is 5.69 Å². The van der Waals surface area contributed by atoms with Crippen LogP contribution in [0.2, 0.25) is 0 Å². The van der Waals surface area contributed by atoms with E-state index in [4.69, 9.17) is 0 Å². The van der Waals surface area contributed by atoms with E-state index in [1.807, 2.05) is 29.6 Å². The second-order valence-corrected chi connectivity index (χ2v) is 6.44. The first-order chi connectivity index (χ1) is 10.2. The van der Waals surface area contributed by atoms with Gasteiger partial charge in [0.15, 0.2) is 0 Å². The summed E-state index contributed by atoms with van der Waals surface area (Å²) >= 11 is 1.69. The molecule has 3 rings (SSSR count). The zero-order valence-corrected chi connectivity index (χ0v) is 12.9. The van der Waals surface area contributed by atoms with Gasteiger partial charge in [0.2, 0.25) is 0 Å². The number of rotatable bonds is 3. The molecule has 0 saturated heterocycles. The van der Waals surface area contributed by atoms with Crippen LogP contribution in [-0.2, 0) is 12.8 Å². The number of nitrogens with one attached hydrogen (secondary N) is 1. The van der Waals surface area contributed by atoms with Gasteiger partial charge < -0.3 is 10.4 Å². The lowest BCUT2D eigenvalue weighted by Gasteiger charge is -2.15. The van der Waals surface area contributed by atoms with Gasteiger partial charge >= 0.3 is 0 Å². The van der Waals surface area contributed by atoms with Gasteiger partial charge in [-0.05, 0) is 44.2 Å². The van der Waals surface area contributed by atoms with Crippen LogP contribution in [-0.4, -0.2) is 11.0 Å². The van der Waals surface area contributed by atoms with E-state index in [1.165, 1.54) is 16.9 Å². The summed E-state index contributed by atoms with van der Waals surface area (Å²) < 4.78 is 0. The molecule has 2 N–H and O–H groups in total. The van der Waals surface area contributed by atoms with Crippen molar-refractivity contribution in [2.45, 2.75) is 38.7 Å². The fourth-order valence-electron chi connectivity index (χ4n) is 2.85. The average Bonchev–Trinajstić information content (AvgIpc) is 2.91. The maximum absolute atomic E-state index is 12.5. The molecule has 0 spiro atoms. The largest absolute Gasteiger partial charge is 0.389 e. The van der Waals surface area contributed by atoms with Crippen molar-refractivity contribution < 1.29 is 9.90 Å². The molecule has 3 nitrogen and oxygen atoms in total. The Morgan fingerprint density at radius 1 is 1.29 bits per heavy atom. The normalized spacial score (nSPS) is 15.3. The minimum Gasteiger partial charge on any atom is -0.389 e. The Balaban J connectivity index is 1.86. The molecular weight excluding hydrogens is 282 g/mol. The monoisotopic (exact) mass is 301 g/mol. The van der Waals surface area contributed by atoms with Gasteiger partial charge in [-0.25, -0.2) is 0 Å². The maximum atomic E-state index is 12.5. The number of amides is 1. The van der Waals surface area contributed by atoms with E-state index < -0.39 is 6.10 Å². The molecule has 0 bridgehead atoms. The highest BCUT2D eigenvalue weighted by Crippen LogP contribution is 2.31. The second kappa shape index (κ2) is 6.00. The highest BCUT2D eigenvalue weighted by atomic mass is 32.1. The number of fused-ring (bicyclic) bond motifs is 1. The van der Waals surface area contributed by atoms with E-state index in [-0.39, 0.29) is 5.91 Å². The number of aryl methyl sites for hydroxylation is 1. The van der Waals surface area contributed by atoms with Gasteiger partial charge in [-0.3, -0.25) is 4.79 Å². The molecule has 21 heavy (non-hydrogen) atoms. The molecule has 0 aliphatic heterocycles. The second-order valence-electron chi connectivity index (χ2n) is 5.48. The Bertz CT molecular complexity index is 661. The summed E-state index contributed by atoms with van der Waals surface area (Å²) in [7, 11) is 0. The molecule has 1 heterocycles. The number of hydrogen-bond acceptors (Lipinski definition) is 3. The quantitative estimate of drug-likeness (QED) is 0.902. The van der Waals surface area contributed by atoms with Crippen molar-refractivity contribution in [2.75, 3.05) is 5.32 Å². The SMILES string of the molecule is CC(O)c1ccccc1NC(=O)c1csc2c1CCCC2. The van der Waals surface area contributed by atoms with Crippen LogP contribution in [0.4, 0.5) is 5.69 Å². The lowest BCUT2D eigenvalue weighted by molar-refractivity contribution is 0.102. The number of carbonyl (C=O) groups is 1. The Morgan fingerprint density at radius 2 is 2.05 bits per heavy atom. The summed E-state index contributed by atoms with van der Waals surface area (Å²) in [5.41, 5.74) is 3.46. The van der Waals surface area contributed by atoms with Crippen LogP contribution in [0.25, 0.3) is 0 Å². The number of aliphatic hydroxyl groups excluding tert-OH is 1. The smallest absolute Gasteiger partial charge is 0.256 e. The van der Waals surface area contributed by atoms with Crippen molar-refractivity contribution in [3.63, 3.8) is 0 Å². The number of hydrogen-bond donors (Lipinski definition) is 2. The predicted octanol–water partition coefficient (Wildman–Crippen LogP) is 3.93. The number of thiophene rings is 1. The van der Waals surface area contributed by atoms with Crippen LogP contribution in [0, 0.1) is 0 Å². The van der Waals surface area contributed by atoms with Crippen LogP contribution in [0.15, 0.2) is 29.6 Å². The fourth-order valence-corrected chi connectivity index (χ4v) is 3.97. The van der Waals surface area contributed by atoms with Crippen molar-refractivity contribution in [1.82, 2.24) is 0 Å². The van der Waals surface area contributed by atoms with Gasteiger partial charge in [0.05, 0.1) is 11.7 Å². The molecule has 1 aromatic heterocycles. The highest BCUT2D eigenvalue weighted by molar-refractivity contribution is 7.10. The molecule has 0 saturated carbocycles. The topological polar surface area (TPSA) is 49.3 Å². The number of anilines is 1. The molecule has 1 unspecified atom stereocenters. The molecule has 4 heteroatoms. The minimum absolute atomic E-state index is 0.0671. The van der Waals surface area contributed by atoms with Gasteiger partial charge in [0.1, 0.15) is 0 Å². The van der Waals surface area contributed by atoms with Gasteiger partial charge in [-0.15, -0.1) is 11.3 Å². The van der Waals surface area contributed by atoms with Gasteiger partial charge in [0, 0.05) is 21.5 Å². The number of para-hydroxylation sites is 1. The first-order valence-corrected chi connectivity index (χ1v) is 8.22. The number of carbonyl (C=O) groups excluding carboxylic acids is 1. The molecule has 1 atom stereocenters. The van der Waals surface area contributed by atoms with Crippen LogP contribution < -0.4 is 5.32 Å². The molecule has 0 fully saturated rings. The Kier molecular flexibility index (Phi) is 4.08. The predicted molar refractivity (Wildman–Crippen MR) is 86.0 cm³/mol. The summed E-state index contributed by atoms with van der Waals surface area (Å²) in [6, 6.07) is 7.40. The van der Waals surface area contributed by atoms with Crippen molar-refractivity contribution in [3.8, 4) is 0 Å². The molecule has 2 aromatic rings. The average molecular weight is 301 g/mol. The minimum atomic E-state index is -0.599. The molecular formula is C17H19NO2S. The van der Waals surface area contributed by atoms with E-state index in [0.717, 1.165) is 30.4 Å². The van der Waals surface area contributed by atoms with Crippen molar-refractivity contribution in [2.24, 2.45) is 0 Å². The summed E-state index contributed by atoms with van der Waals surface area (Å²) in [6.07, 6.45) is 3.88. The molecule has 110 valence electrons. The lowest BCUT2D eigenvalue weighted by Crippen LogP contribution is -2.16. The molecule has 1 aliphatic rings. The van der Waals surface area contributed by atoms with Gasteiger partial charge in [-0.1, -0.05) is 18.2 Å². The first kappa shape index (κ1) is 14.3. The van der Waals surface area contributed by atoms with E-state index in [2.05, 4.69) is 5.32 Å². The van der Waals surface area contributed by atoms with E-state index in [1.54, 1.807) is 18.3 Å². The zero-order chi connectivity index (χ0) is 14.8. The molecule has 0 radical (unpaired) electrons. The molecule has 1 aliphatic carbocycles. The van der Waals surface area contributed by atoms with Gasteiger partial charge in [0.25, 0.3) is 5.91 Å². The Hall–Kier alpha value is -1.65. The van der Waals surface area contributed by atoms with Crippen molar-refractivity contribution in [3.05, 3.63) is 51.2 Å². The van der Waals surface area contributed by atoms with E-state index >= 15 is 0 Å².